The maximum atomic E-state index is 13.0. The van der Waals surface area contributed by atoms with Gasteiger partial charge in [-0.05, 0) is 42.3 Å². The van der Waals surface area contributed by atoms with Gasteiger partial charge in [-0.2, -0.15) is 0 Å². The minimum atomic E-state index is -0.659. The largest absolute Gasteiger partial charge is 0.357 e. The Labute approximate surface area is 168 Å². The number of benzene rings is 2. The zero-order valence-electron chi connectivity index (χ0n) is 14.4. The van der Waals surface area contributed by atoms with Crippen LogP contribution in [0.15, 0.2) is 42.5 Å². The molecule has 138 valence electrons. The zero-order chi connectivity index (χ0) is 19.3. The molecule has 2 aromatic rings. The van der Waals surface area contributed by atoms with E-state index in [-0.39, 0.29) is 24.8 Å². The van der Waals surface area contributed by atoms with Crippen LogP contribution in [0.3, 0.4) is 0 Å². The van der Waals surface area contributed by atoms with Crippen molar-refractivity contribution in [2.24, 2.45) is 0 Å². The Morgan fingerprint density at radius 3 is 2.27 bits per heavy atom. The number of carbonyl (C=O) groups excluding carboxylic acids is 2. The van der Waals surface area contributed by atoms with Crippen LogP contribution in [0.2, 0.25) is 15.1 Å². The standard InChI is InChI=1S/C19H19Cl3N2O2/c1-12(19(26)23-2)24(11-13-5-3-6-14(20)9-13)18(25)10-15-16(21)7-4-8-17(15)22/h3-9,12H,10-11H2,1-2H3,(H,23,26)/t12-/m0/s1. The van der Waals surface area contributed by atoms with Crippen molar-refractivity contribution in [2.75, 3.05) is 7.05 Å². The van der Waals surface area contributed by atoms with Crippen molar-refractivity contribution < 1.29 is 9.59 Å². The predicted molar refractivity (Wildman–Crippen MR) is 106 cm³/mol. The molecule has 2 amide bonds. The van der Waals surface area contributed by atoms with Crippen molar-refractivity contribution in [3.05, 3.63) is 68.7 Å². The van der Waals surface area contributed by atoms with Crippen LogP contribution >= 0.6 is 34.8 Å². The van der Waals surface area contributed by atoms with Gasteiger partial charge in [0.05, 0.1) is 6.42 Å². The third kappa shape index (κ3) is 5.13. The first kappa shape index (κ1) is 20.6. The van der Waals surface area contributed by atoms with Gasteiger partial charge in [0.25, 0.3) is 0 Å². The molecule has 0 fully saturated rings. The van der Waals surface area contributed by atoms with Crippen LogP contribution in [0, 0.1) is 0 Å². The summed E-state index contributed by atoms with van der Waals surface area (Å²) >= 11 is 18.4. The molecule has 0 bridgehead atoms. The van der Waals surface area contributed by atoms with Gasteiger partial charge < -0.3 is 10.2 Å². The molecule has 2 aromatic carbocycles. The van der Waals surface area contributed by atoms with Crippen LogP contribution in [0.4, 0.5) is 0 Å². The Hall–Kier alpha value is -1.75. The van der Waals surface area contributed by atoms with E-state index < -0.39 is 6.04 Å². The highest BCUT2D eigenvalue weighted by atomic mass is 35.5. The highest BCUT2D eigenvalue weighted by molar-refractivity contribution is 6.36. The third-order valence-electron chi connectivity index (χ3n) is 4.05. The Balaban J connectivity index is 2.30. The summed E-state index contributed by atoms with van der Waals surface area (Å²) in [5, 5.41) is 3.97. The summed E-state index contributed by atoms with van der Waals surface area (Å²) in [6.45, 7) is 1.92. The predicted octanol–water partition coefficient (Wildman–Crippen LogP) is 4.35. The molecule has 0 aliphatic carbocycles. The molecular formula is C19H19Cl3N2O2. The van der Waals surface area contributed by atoms with Gasteiger partial charge in [0.2, 0.25) is 11.8 Å². The summed E-state index contributed by atoms with van der Waals surface area (Å²) in [4.78, 5) is 26.6. The second-order valence-corrected chi connectivity index (χ2v) is 7.07. The van der Waals surface area contributed by atoms with Crippen molar-refractivity contribution in [3.63, 3.8) is 0 Å². The van der Waals surface area contributed by atoms with Gasteiger partial charge in [0.15, 0.2) is 0 Å². The van der Waals surface area contributed by atoms with E-state index in [2.05, 4.69) is 5.32 Å². The van der Waals surface area contributed by atoms with Crippen molar-refractivity contribution in [3.8, 4) is 0 Å². The van der Waals surface area contributed by atoms with Crippen molar-refractivity contribution >= 4 is 46.6 Å². The summed E-state index contributed by atoms with van der Waals surface area (Å²) in [5.41, 5.74) is 1.37. The van der Waals surface area contributed by atoms with Crippen LogP contribution in [-0.4, -0.2) is 29.8 Å². The number of carbonyl (C=O) groups is 2. The molecule has 26 heavy (non-hydrogen) atoms. The molecule has 2 rings (SSSR count). The molecule has 0 aliphatic rings. The van der Waals surface area contributed by atoms with Crippen molar-refractivity contribution in [1.82, 2.24) is 10.2 Å². The molecule has 0 aliphatic heterocycles. The average molecular weight is 414 g/mol. The number of rotatable bonds is 6. The number of amides is 2. The number of hydrogen-bond acceptors (Lipinski definition) is 2. The highest BCUT2D eigenvalue weighted by Crippen LogP contribution is 2.26. The Kier molecular flexibility index (Phi) is 7.33. The molecule has 1 atom stereocenters. The lowest BCUT2D eigenvalue weighted by molar-refractivity contribution is -0.139. The Morgan fingerprint density at radius 2 is 1.69 bits per heavy atom. The molecule has 0 spiro atoms. The quantitative estimate of drug-likeness (QED) is 0.765. The maximum Gasteiger partial charge on any atom is 0.242 e. The topological polar surface area (TPSA) is 49.4 Å². The summed E-state index contributed by atoms with van der Waals surface area (Å²) in [6, 6.07) is 11.6. The average Bonchev–Trinajstić information content (AvgIpc) is 2.61. The Morgan fingerprint density at radius 1 is 1.08 bits per heavy atom. The summed E-state index contributed by atoms with van der Waals surface area (Å²) in [6.07, 6.45) is 0.000403. The molecule has 7 heteroatoms. The summed E-state index contributed by atoms with van der Waals surface area (Å²) < 4.78 is 0. The fourth-order valence-corrected chi connectivity index (χ4v) is 3.32. The first-order valence-corrected chi connectivity index (χ1v) is 9.15. The van der Waals surface area contributed by atoms with Crippen LogP contribution < -0.4 is 5.32 Å². The lowest BCUT2D eigenvalue weighted by atomic mass is 10.1. The molecule has 0 unspecified atom stereocenters. The first-order chi connectivity index (χ1) is 12.3. The van der Waals surface area contributed by atoms with E-state index in [0.717, 1.165) is 5.56 Å². The van der Waals surface area contributed by atoms with E-state index in [1.807, 2.05) is 6.07 Å². The fraction of sp³-hybridized carbons (Fsp3) is 0.263. The van der Waals surface area contributed by atoms with E-state index >= 15 is 0 Å². The normalized spacial score (nSPS) is 11.7. The van der Waals surface area contributed by atoms with Crippen molar-refractivity contribution in [1.29, 1.82) is 0 Å². The maximum absolute atomic E-state index is 13.0. The number of nitrogens with one attached hydrogen (secondary N) is 1. The van der Waals surface area contributed by atoms with E-state index in [1.165, 1.54) is 11.9 Å². The van der Waals surface area contributed by atoms with E-state index in [4.69, 9.17) is 34.8 Å². The van der Waals surface area contributed by atoms with E-state index in [0.29, 0.717) is 20.6 Å². The lowest BCUT2D eigenvalue weighted by Crippen LogP contribution is -2.47. The number of likely N-dealkylation sites (N-methyl/N-ethyl adjacent to an activating group) is 1. The summed E-state index contributed by atoms with van der Waals surface area (Å²) in [5.74, 6) is -0.512. The minimum Gasteiger partial charge on any atom is -0.357 e. The molecule has 0 radical (unpaired) electrons. The number of nitrogens with zero attached hydrogens (tertiary/aromatic N) is 1. The van der Waals surface area contributed by atoms with Gasteiger partial charge >= 0.3 is 0 Å². The molecule has 0 saturated heterocycles. The number of halogens is 3. The van der Waals surface area contributed by atoms with Gasteiger partial charge in [-0.25, -0.2) is 0 Å². The second kappa shape index (κ2) is 9.26. The molecular weight excluding hydrogens is 395 g/mol. The van der Waals surface area contributed by atoms with Crippen LogP contribution in [0.1, 0.15) is 18.1 Å². The van der Waals surface area contributed by atoms with Gasteiger partial charge in [-0.1, -0.05) is 53.0 Å². The summed E-state index contributed by atoms with van der Waals surface area (Å²) in [7, 11) is 1.53. The molecule has 0 saturated carbocycles. The zero-order valence-corrected chi connectivity index (χ0v) is 16.7. The van der Waals surface area contributed by atoms with E-state index in [1.54, 1.807) is 43.3 Å². The van der Waals surface area contributed by atoms with Crippen LogP contribution in [-0.2, 0) is 22.6 Å². The van der Waals surface area contributed by atoms with Gasteiger partial charge in [-0.15, -0.1) is 0 Å². The number of hydrogen-bond donors (Lipinski definition) is 1. The SMILES string of the molecule is CNC(=O)[C@H](C)N(Cc1cccc(Cl)c1)C(=O)Cc1c(Cl)cccc1Cl. The minimum absolute atomic E-state index is 0.000403. The van der Waals surface area contributed by atoms with E-state index in [9.17, 15) is 9.59 Å². The van der Waals surface area contributed by atoms with Crippen molar-refractivity contribution in [2.45, 2.75) is 25.9 Å². The lowest BCUT2D eigenvalue weighted by Gasteiger charge is -2.28. The van der Waals surface area contributed by atoms with Crippen LogP contribution in [0.5, 0.6) is 0 Å². The molecule has 0 aromatic heterocycles. The molecule has 4 nitrogen and oxygen atoms in total. The first-order valence-electron chi connectivity index (χ1n) is 8.02. The van der Waals surface area contributed by atoms with Crippen LogP contribution in [0.25, 0.3) is 0 Å². The van der Waals surface area contributed by atoms with Gasteiger partial charge in [-0.3, -0.25) is 9.59 Å². The molecule has 0 heterocycles. The second-order valence-electron chi connectivity index (χ2n) is 5.82. The molecule has 1 N–H and O–H groups in total. The smallest absolute Gasteiger partial charge is 0.242 e. The van der Waals surface area contributed by atoms with Gasteiger partial charge in [0.1, 0.15) is 6.04 Å². The fourth-order valence-electron chi connectivity index (χ4n) is 2.58. The highest BCUT2D eigenvalue weighted by Gasteiger charge is 2.26. The Bertz CT molecular complexity index is 791. The third-order valence-corrected chi connectivity index (χ3v) is 4.99. The monoisotopic (exact) mass is 412 g/mol. The van der Waals surface area contributed by atoms with Gasteiger partial charge in [0, 0.05) is 28.7 Å².